The fourth-order valence-corrected chi connectivity index (χ4v) is 6.91. The highest BCUT2D eigenvalue weighted by molar-refractivity contribution is 5.71. The van der Waals surface area contributed by atoms with Gasteiger partial charge < -0.3 is 37.6 Å². The Balaban J connectivity index is 0.000000209. The maximum atomic E-state index is 10.4. The highest BCUT2D eigenvalue weighted by Crippen LogP contribution is 2.58. The highest BCUT2D eigenvalue weighted by atomic mass is 16.4. The molecule has 8 heteroatoms. The summed E-state index contributed by atoms with van der Waals surface area (Å²) in [6.07, 6.45) is 19.1. The zero-order chi connectivity index (χ0) is 34.9. The average molecular weight is 660 g/mol. The van der Waals surface area contributed by atoms with Gasteiger partial charge in [-0.05, 0) is 113 Å². The lowest BCUT2D eigenvalue weighted by Crippen LogP contribution is -2.45. The number of aryl methyl sites for hydroxylation is 1. The first-order valence-electron chi connectivity index (χ1n) is 18.1. The van der Waals surface area contributed by atoms with Crippen LogP contribution in [0.5, 0.6) is 5.75 Å². The largest absolute Gasteiger partial charge is 0.507 e. The number of phenols is 1. The summed E-state index contributed by atoms with van der Waals surface area (Å²) in [4.78, 5) is 12.5. The third-order valence-corrected chi connectivity index (χ3v) is 9.95. The molecule has 0 atom stereocenters. The van der Waals surface area contributed by atoms with Gasteiger partial charge in [-0.15, -0.1) is 0 Å². The Labute approximate surface area is 289 Å². The number of nitrogens with two attached hydrogens (primary N) is 3. The molecule has 0 bridgehead atoms. The maximum absolute atomic E-state index is 10.4. The van der Waals surface area contributed by atoms with Crippen LogP contribution in [0, 0.1) is 18.3 Å². The Hall–Kier alpha value is -3.91. The predicted octanol–water partition coefficient (Wildman–Crippen LogP) is 7.35. The van der Waals surface area contributed by atoms with E-state index in [2.05, 4.69) is 53.6 Å². The van der Waals surface area contributed by atoms with Gasteiger partial charge in [0.1, 0.15) is 11.6 Å². The Morgan fingerprint density at radius 3 is 2.17 bits per heavy atom. The van der Waals surface area contributed by atoms with Crippen LogP contribution in [0.2, 0.25) is 0 Å². The van der Waals surface area contributed by atoms with E-state index in [0.29, 0.717) is 22.4 Å². The van der Waals surface area contributed by atoms with E-state index >= 15 is 0 Å². The molecule has 48 heavy (non-hydrogen) atoms. The van der Waals surface area contributed by atoms with E-state index in [4.69, 9.17) is 22.3 Å². The van der Waals surface area contributed by atoms with Crippen LogP contribution in [0.15, 0.2) is 78.3 Å². The highest BCUT2D eigenvalue weighted by Gasteiger charge is 2.50. The van der Waals surface area contributed by atoms with Crippen LogP contribution >= 0.6 is 0 Å². The predicted molar refractivity (Wildman–Crippen MR) is 199 cm³/mol. The molecule has 2 saturated carbocycles. The van der Waals surface area contributed by atoms with Crippen LogP contribution in [0.1, 0.15) is 107 Å². The summed E-state index contributed by atoms with van der Waals surface area (Å²) in [5.74, 6) is 0.580. The zero-order valence-corrected chi connectivity index (χ0v) is 29.6. The van der Waals surface area contributed by atoms with E-state index in [1.54, 1.807) is 24.3 Å². The molecule has 2 aromatic rings. The molecular weight excluding hydrogens is 598 g/mol. The molecular formula is C40H61N5O3. The average Bonchev–Trinajstić information content (AvgIpc) is 3.19. The van der Waals surface area contributed by atoms with Gasteiger partial charge in [-0.3, -0.25) is 4.79 Å². The molecule has 2 aliphatic carbocycles. The first-order chi connectivity index (χ1) is 23.2. The topological polar surface area (TPSA) is 151 Å². The van der Waals surface area contributed by atoms with Crippen LogP contribution in [-0.2, 0) is 4.79 Å². The number of aromatic hydroxyl groups is 1. The van der Waals surface area contributed by atoms with Crippen molar-refractivity contribution < 1.29 is 15.0 Å². The lowest BCUT2D eigenvalue weighted by molar-refractivity contribution is -0.154. The number of benzene rings is 2. The molecule has 2 aliphatic heterocycles. The van der Waals surface area contributed by atoms with E-state index in [1.807, 2.05) is 19.9 Å². The van der Waals surface area contributed by atoms with Crippen molar-refractivity contribution in [2.45, 2.75) is 97.3 Å². The monoisotopic (exact) mass is 659 g/mol. The SMILES string of the molecule is CC.Cc1ccc(C2CCNCC2)cc1.NC(N)=C(/C=C(\N)c1ccccc1O)N1C/C=C\CCCCC1.O=C(O)C1CC2(CCC2)C1. The minimum Gasteiger partial charge on any atom is -0.507 e. The standard InChI is InChI=1S/C18H26N4O.C12H17N.C8H12O2.C2H6/c19-15(14-9-5-6-10-17(14)23)13-16(18(20)21)22-11-7-3-1-2-4-8-12-22;1-10-2-4-11(5-3-10)12-6-8-13-9-7-12;9-7(10)6-4-8(5-6)2-1-3-8;1-2/h3,5-7,9-10,13,23H,1-2,4,8,11-12,19-21H2;2-5,12-13H,6-9H2,1H3;6H,1-5H2,(H,9,10);1-2H3/b7-3-,15-13-;;;. The van der Waals surface area contributed by atoms with Gasteiger partial charge in [-0.25, -0.2) is 0 Å². The molecule has 0 aromatic heterocycles. The number of carboxylic acid groups (broad SMARTS) is 1. The molecule has 1 saturated heterocycles. The molecule has 4 aliphatic rings. The smallest absolute Gasteiger partial charge is 0.306 e. The van der Waals surface area contributed by atoms with Crippen molar-refractivity contribution in [3.63, 3.8) is 0 Å². The van der Waals surface area contributed by atoms with Gasteiger partial charge in [-0.2, -0.15) is 0 Å². The number of piperidine rings is 1. The van der Waals surface area contributed by atoms with Gasteiger partial charge in [0.25, 0.3) is 0 Å². The van der Waals surface area contributed by atoms with E-state index in [-0.39, 0.29) is 17.5 Å². The van der Waals surface area contributed by atoms with Crippen molar-refractivity contribution >= 4 is 11.7 Å². The number of hydrogen-bond acceptors (Lipinski definition) is 7. The van der Waals surface area contributed by atoms with Crippen LogP contribution in [-0.4, -0.2) is 47.3 Å². The van der Waals surface area contributed by atoms with Crippen molar-refractivity contribution in [1.29, 1.82) is 0 Å². The minimum absolute atomic E-state index is 0.000278. The minimum atomic E-state index is -0.586. The number of hydrogen-bond donors (Lipinski definition) is 6. The number of carbonyl (C=O) groups is 1. The number of nitrogens with one attached hydrogen (secondary N) is 1. The van der Waals surface area contributed by atoms with E-state index in [1.165, 1.54) is 69.2 Å². The fourth-order valence-electron chi connectivity index (χ4n) is 6.91. The van der Waals surface area contributed by atoms with E-state index < -0.39 is 5.97 Å². The van der Waals surface area contributed by atoms with Gasteiger partial charge >= 0.3 is 5.97 Å². The quantitative estimate of drug-likeness (QED) is 0.144. The number of para-hydroxylation sites is 1. The molecule has 1 spiro atoms. The second-order valence-electron chi connectivity index (χ2n) is 13.5. The molecule has 6 rings (SSSR count). The Morgan fingerprint density at radius 2 is 1.58 bits per heavy atom. The Morgan fingerprint density at radius 1 is 0.917 bits per heavy atom. The van der Waals surface area contributed by atoms with E-state index in [0.717, 1.165) is 44.7 Å². The molecule has 2 heterocycles. The van der Waals surface area contributed by atoms with Crippen molar-refractivity contribution in [2.75, 3.05) is 26.2 Å². The molecule has 264 valence electrons. The van der Waals surface area contributed by atoms with Crippen LogP contribution in [0.25, 0.3) is 5.70 Å². The number of carboxylic acids is 1. The summed E-state index contributed by atoms with van der Waals surface area (Å²) in [6, 6.07) is 16.0. The van der Waals surface area contributed by atoms with E-state index in [9.17, 15) is 9.90 Å². The summed E-state index contributed by atoms with van der Waals surface area (Å²) in [7, 11) is 0. The summed E-state index contributed by atoms with van der Waals surface area (Å²) in [6.45, 7) is 10.1. The Kier molecular flexibility index (Phi) is 15.9. The number of aliphatic carboxylic acids is 1. The number of rotatable bonds is 5. The molecule has 8 nitrogen and oxygen atoms in total. The molecule has 0 unspecified atom stereocenters. The number of nitrogens with zero attached hydrogens (tertiary/aromatic N) is 1. The van der Waals surface area contributed by atoms with Crippen LogP contribution in [0.3, 0.4) is 0 Å². The second-order valence-corrected chi connectivity index (χ2v) is 13.5. The second kappa shape index (κ2) is 19.8. The normalized spacial score (nSPS) is 19.8. The lowest BCUT2D eigenvalue weighted by atomic mass is 9.52. The fraction of sp³-hybridized carbons (Fsp3) is 0.525. The van der Waals surface area contributed by atoms with Crippen LogP contribution in [0.4, 0.5) is 0 Å². The summed E-state index contributed by atoms with van der Waals surface area (Å²) in [5.41, 5.74) is 23.1. The third kappa shape index (κ3) is 11.7. The molecule has 2 aromatic carbocycles. The maximum Gasteiger partial charge on any atom is 0.306 e. The van der Waals surface area contributed by atoms with Gasteiger partial charge in [0, 0.05) is 24.4 Å². The van der Waals surface area contributed by atoms with Crippen molar-refractivity contribution in [3.8, 4) is 5.75 Å². The summed E-state index contributed by atoms with van der Waals surface area (Å²) < 4.78 is 0. The number of allylic oxidation sites excluding steroid dienone is 2. The van der Waals surface area contributed by atoms with Gasteiger partial charge in [0.05, 0.1) is 11.6 Å². The molecule has 3 fully saturated rings. The first kappa shape index (κ1) is 38.5. The molecule has 9 N–H and O–H groups in total. The van der Waals surface area contributed by atoms with Crippen molar-refractivity contribution in [3.05, 3.63) is 95.0 Å². The van der Waals surface area contributed by atoms with Crippen molar-refractivity contribution in [1.82, 2.24) is 10.2 Å². The number of phenolic OH excluding ortho intramolecular Hbond substituents is 1. The Bertz CT molecular complexity index is 1350. The van der Waals surface area contributed by atoms with Crippen LogP contribution < -0.4 is 22.5 Å². The lowest BCUT2D eigenvalue weighted by Gasteiger charge is -2.52. The van der Waals surface area contributed by atoms with Crippen molar-refractivity contribution in [2.24, 2.45) is 28.5 Å². The van der Waals surface area contributed by atoms with Gasteiger partial charge in [0.15, 0.2) is 0 Å². The van der Waals surface area contributed by atoms with Gasteiger partial charge in [-0.1, -0.05) is 80.8 Å². The first-order valence-corrected chi connectivity index (χ1v) is 18.1. The van der Waals surface area contributed by atoms with Gasteiger partial charge in [0.2, 0.25) is 0 Å². The third-order valence-electron chi connectivity index (χ3n) is 9.95. The molecule has 0 amide bonds. The molecule has 0 radical (unpaired) electrons. The summed E-state index contributed by atoms with van der Waals surface area (Å²) in [5, 5.41) is 21.9. The summed E-state index contributed by atoms with van der Waals surface area (Å²) >= 11 is 0. The zero-order valence-electron chi connectivity index (χ0n) is 29.6.